The molecule has 1 saturated carbocycles. The summed E-state index contributed by atoms with van der Waals surface area (Å²) < 4.78 is 19.3. The summed E-state index contributed by atoms with van der Waals surface area (Å²) in [6.45, 7) is 0.655. The number of rotatable bonds is 1. The second-order valence-electron chi connectivity index (χ2n) is 4.52. The Hall–Kier alpha value is -1.09. The zero-order valence-corrected chi connectivity index (χ0v) is 8.55. The summed E-state index contributed by atoms with van der Waals surface area (Å²) in [7, 11) is 0. The van der Waals surface area contributed by atoms with E-state index in [4.69, 9.17) is 10.5 Å². The number of fused-ring (bicyclic) bond motifs is 1. The Balaban J connectivity index is 2.17. The normalized spacial score (nSPS) is 21.7. The first-order valence-corrected chi connectivity index (χ1v) is 5.44. The van der Waals surface area contributed by atoms with Gasteiger partial charge in [0, 0.05) is 17.5 Å². The van der Waals surface area contributed by atoms with Crippen LogP contribution in [0, 0.1) is 5.82 Å². The van der Waals surface area contributed by atoms with Crippen molar-refractivity contribution >= 4 is 0 Å². The standard InChI is InChI=1S/C12H14FNO/c13-9-3-2-8-4-7-15-11(8)10(9)12(14)5-1-6-12/h2-3H,1,4-7,14H2. The largest absolute Gasteiger partial charge is 0.492 e. The van der Waals surface area contributed by atoms with Crippen LogP contribution >= 0.6 is 0 Å². The van der Waals surface area contributed by atoms with Crippen molar-refractivity contribution in [1.82, 2.24) is 0 Å². The highest BCUT2D eigenvalue weighted by molar-refractivity contribution is 5.49. The molecular weight excluding hydrogens is 193 g/mol. The van der Waals surface area contributed by atoms with E-state index < -0.39 is 5.54 Å². The quantitative estimate of drug-likeness (QED) is 0.765. The highest BCUT2D eigenvalue weighted by atomic mass is 19.1. The average molecular weight is 207 g/mol. The lowest BCUT2D eigenvalue weighted by Crippen LogP contribution is -2.44. The molecular formula is C12H14FNO. The van der Waals surface area contributed by atoms with Crippen LogP contribution in [0.1, 0.15) is 30.4 Å². The SMILES string of the molecule is NC1(c2c(F)ccc3c2OCC3)CCC1. The number of halogens is 1. The van der Waals surface area contributed by atoms with Gasteiger partial charge < -0.3 is 10.5 Å². The summed E-state index contributed by atoms with van der Waals surface area (Å²) in [6.07, 6.45) is 3.69. The van der Waals surface area contributed by atoms with E-state index in [1.807, 2.05) is 6.07 Å². The van der Waals surface area contributed by atoms with Gasteiger partial charge in [-0.25, -0.2) is 4.39 Å². The van der Waals surface area contributed by atoms with E-state index >= 15 is 0 Å². The lowest BCUT2D eigenvalue weighted by atomic mass is 9.72. The Morgan fingerprint density at radius 2 is 2.13 bits per heavy atom. The molecule has 80 valence electrons. The molecule has 0 spiro atoms. The van der Waals surface area contributed by atoms with Crippen molar-refractivity contribution in [1.29, 1.82) is 0 Å². The average Bonchev–Trinajstić information content (AvgIpc) is 2.62. The molecule has 0 saturated heterocycles. The monoisotopic (exact) mass is 207 g/mol. The molecule has 1 aliphatic heterocycles. The maximum absolute atomic E-state index is 13.8. The highest BCUT2D eigenvalue weighted by Crippen LogP contribution is 2.46. The van der Waals surface area contributed by atoms with Crippen LogP contribution in [0.15, 0.2) is 12.1 Å². The van der Waals surface area contributed by atoms with Crippen molar-refractivity contribution in [3.63, 3.8) is 0 Å². The maximum Gasteiger partial charge on any atom is 0.131 e. The highest BCUT2D eigenvalue weighted by Gasteiger charge is 2.40. The first kappa shape index (κ1) is 9.16. The molecule has 3 rings (SSSR count). The van der Waals surface area contributed by atoms with Crippen molar-refractivity contribution < 1.29 is 9.13 Å². The Morgan fingerprint density at radius 1 is 1.33 bits per heavy atom. The predicted molar refractivity (Wildman–Crippen MR) is 55.3 cm³/mol. The molecule has 1 fully saturated rings. The Bertz CT molecular complexity index is 412. The van der Waals surface area contributed by atoms with E-state index in [0.29, 0.717) is 12.2 Å². The lowest BCUT2D eigenvalue weighted by molar-refractivity contribution is 0.233. The predicted octanol–water partition coefficient (Wildman–Crippen LogP) is 2.10. The van der Waals surface area contributed by atoms with E-state index in [1.54, 1.807) is 0 Å². The van der Waals surface area contributed by atoms with E-state index in [2.05, 4.69) is 0 Å². The Labute approximate surface area is 88.2 Å². The molecule has 0 amide bonds. The van der Waals surface area contributed by atoms with Gasteiger partial charge in [0.1, 0.15) is 11.6 Å². The van der Waals surface area contributed by atoms with E-state index in [1.165, 1.54) is 6.07 Å². The van der Waals surface area contributed by atoms with Crippen molar-refractivity contribution in [2.45, 2.75) is 31.2 Å². The number of nitrogens with two attached hydrogens (primary N) is 1. The minimum absolute atomic E-state index is 0.210. The van der Waals surface area contributed by atoms with Gasteiger partial charge in [0.15, 0.2) is 0 Å². The molecule has 0 bridgehead atoms. The van der Waals surface area contributed by atoms with Crippen LogP contribution in [0.5, 0.6) is 5.75 Å². The molecule has 0 radical (unpaired) electrons. The van der Waals surface area contributed by atoms with Crippen LogP contribution in [0.25, 0.3) is 0 Å². The molecule has 1 heterocycles. The van der Waals surface area contributed by atoms with Crippen molar-refractivity contribution in [3.8, 4) is 5.75 Å². The van der Waals surface area contributed by atoms with Gasteiger partial charge in [0.05, 0.1) is 6.61 Å². The molecule has 1 aromatic rings. The zero-order chi connectivity index (χ0) is 10.5. The van der Waals surface area contributed by atoms with Gasteiger partial charge in [-0.1, -0.05) is 6.07 Å². The molecule has 2 aliphatic rings. The Morgan fingerprint density at radius 3 is 2.80 bits per heavy atom. The topological polar surface area (TPSA) is 35.2 Å². The third-order valence-electron chi connectivity index (χ3n) is 3.55. The van der Waals surface area contributed by atoms with Gasteiger partial charge in [0.25, 0.3) is 0 Å². The van der Waals surface area contributed by atoms with Crippen molar-refractivity contribution in [3.05, 3.63) is 29.1 Å². The van der Waals surface area contributed by atoms with Crippen LogP contribution in [-0.4, -0.2) is 6.61 Å². The van der Waals surface area contributed by atoms with Gasteiger partial charge in [-0.15, -0.1) is 0 Å². The zero-order valence-electron chi connectivity index (χ0n) is 8.55. The number of benzene rings is 1. The molecule has 3 heteroatoms. The van der Waals surface area contributed by atoms with E-state index in [0.717, 1.165) is 37.0 Å². The summed E-state index contributed by atoms with van der Waals surface area (Å²) in [5.41, 5.74) is 7.42. The van der Waals surface area contributed by atoms with Gasteiger partial charge in [-0.2, -0.15) is 0 Å². The summed E-state index contributed by atoms with van der Waals surface area (Å²) in [6, 6.07) is 3.33. The van der Waals surface area contributed by atoms with Crippen molar-refractivity contribution in [2.75, 3.05) is 6.61 Å². The minimum Gasteiger partial charge on any atom is -0.492 e. The molecule has 0 unspecified atom stereocenters. The fourth-order valence-corrected chi connectivity index (χ4v) is 2.50. The van der Waals surface area contributed by atoms with Crippen LogP contribution in [0.4, 0.5) is 4.39 Å². The van der Waals surface area contributed by atoms with Gasteiger partial charge >= 0.3 is 0 Å². The smallest absolute Gasteiger partial charge is 0.131 e. The summed E-state index contributed by atoms with van der Waals surface area (Å²) in [5, 5.41) is 0. The first-order valence-electron chi connectivity index (χ1n) is 5.44. The van der Waals surface area contributed by atoms with Crippen LogP contribution in [0.3, 0.4) is 0 Å². The molecule has 1 aromatic carbocycles. The lowest BCUT2D eigenvalue weighted by Gasteiger charge is -2.39. The number of hydrogen-bond acceptors (Lipinski definition) is 2. The maximum atomic E-state index is 13.8. The molecule has 0 atom stereocenters. The van der Waals surface area contributed by atoms with E-state index in [9.17, 15) is 4.39 Å². The molecule has 0 aromatic heterocycles. The van der Waals surface area contributed by atoms with Gasteiger partial charge in [-0.05, 0) is 30.9 Å². The van der Waals surface area contributed by atoms with Gasteiger partial charge in [-0.3, -0.25) is 0 Å². The third kappa shape index (κ3) is 1.19. The van der Waals surface area contributed by atoms with E-state index in [-0.39, 0.29) is 5.82 Å². The Kier molecular flexibility index (Phi) is 1.80. The molecule has 2 nitrogen and oxygen atoms in total. The molecule has 2 N–H and O–H groups in total. The fourth-order valence-electron chi connectivity index (χ4n) is 2.50. The molecule has 1 aliphatic carbocycles. The summed E-state index contributed by atoms with van der Waals surface area (Å²) in [5.74, 6) is 0.509. The second kappa shape index (κ2) is 2.95. The van der Waals surface area contributed by atoms with Crippen LogP contribution in [0.2, 0.25) is 0 Å². The summed E-state index contributed by atoms with van der Waals surface area (Å²) in [4.78, 5) is 0. The minimum atomic E-state index is -0.472. The first-order chi connectivity index (χ1) is 7.21. The fraction of sp³-hybridized carbons (Fsp3) is 0.500. The summed E-state index contributed by atoms with van der Waals surface area (Å²) >= 11 is 0. The number of hydrogen-bond donors (Lipinski definition) is 1. The second-order valence-corrected chi connectivity index (χ2v) is 4.52. The molecule has 15 heavy (non-hydrogen) atoms. The van der Waals surface area contributed by atoms with Crippen LogP contribution in [-0.2, 0) is 12.0 Å². The third-order valence-corrected chi connectivity index (χ3v) is 3.55. The van der Waals surface area contributed by atoms with Crippen molar-refractivity contribution in [2.24, 2.45) is 5.73 Å². The van der Waals surface area contributed by atoms with Gasteiger partial charge in [0.2, 0.25) is 0 Å². The number of ether oxygens (including phenoxy) is 1. The van der Waals surface area contributed by atoms with Crippen LogP contribution < -0.4 is 10.5 Å².